The zero-order valence-corrected chi connectivity index (χ0v) is 76.7. The van der Waals surface area contributed by atoms with Crippen LogP contribution < -0.4 is 14.2 Å². The molecule has 0 radical (unpaired) electrons. The summed E-state index contributed by atoms with van der Waals surface area (Å²) in [6, 6.07) is 38.8. The molecule has 0 amide bonds. The van der Waals surface area contributed by atoms with Gasteiger partial charge in [0.05, 0.1) is 99.3 Å². The van der Waals surface area contributed by atoms with Crippen molar-refractivity contribution < 1.29 is 95.4 Å². The molecule has 0 bridgehead atoms. The van der Waals surface area contributed by atoms with Crippen molar-refractivity contribution in [2.75, 3.05) is 117 Å². The molecule has 0 saturated heterocycles. The van der Waals surface area contributed by atoms with E-state index in [4.69, 9.17) is 47.4 Å². The molecule has 0 aliphatic heterocycles. The van der Waals surface area contributed by atoms with Gasteiger partial charge in [-0.2, -0.15) is 0 Å². The third-order valence-corrected chi connectivity index (χ3v) is 27.8. The lowest BCUT2D eigenvalue weighted by molar-refractivity contribution is 0.00149. The Morgan fingerprint density at radius 1 is 0.385 bits per heavy atom. The van der Waals surface area contributed by atoms with Gasteiger partial charge in [-0.25, -0.2) is 53.9 Å². The van der Waals surface area contributed by atoms with Gasteiger partial charge >= 0.3 is 23.5 Å². The molecule has 0 fully saturated rings. The number of phosphoric ester groups is 3. The number of aromatic amines is 3. The first-order chi connectivity index (χ1) is 57.4. The molecule has 6 aromatic heterocycles. The Bertz CT molecular complexity index is 5940. The molecule has 30 nitrogen and oxygen atoms in total. The number of hydrogen-bond donors (Lipinski definition) is 7. The third-order valence-electron chi connectivity index (χ3n) is 19.5. The van der Waals surface area contributed by atoms with Crippen LogP contribution in [0.25, 0.3) is 99.2 Å². The topological polar surface area (TPSA) is 404 Å². The molecule has 12 aromatic rings. The fraction of sp³-hybridized carbons (Fsp3) is 0.407. The van der Waals surface area contributed by atoms with Crippen molar-refractivity contribution in [3.63, 3.8) is 0 Å². The molecule has 0 unspecified atom stereocenters. The van der Waals surface area contributed by atoms with E-state index in [-0.39, 0.29) is 46.9 Å². The summed E-state index contributed by atoms with van der Waals surface area (Å²) in [6.07, 6.45) is 7.50. The minimum atomic E-state index is -4.46. The lowest BCUT2D eigenvalue weighted by Crippen LogP contribution is -2.28. The Morgan fingerprint density at radius 3 is 0.926 bits per heavy atom. The van der Waals surface area contributed by atoms with E-state index in [1.165, 1.54) is 0 Å². The third kappa shape index (κ3) is 26.1. The lowest BCUT2D eigenvalue weighted by Gasteiger charge is -2.31. The number of ether oxygens (including phenoxy) is 3. The molecule has 36 heteroatoms. The average Bonchev–Trinajstić information content (AvgIpc) is 1.59. The lowest BCUT2D eigenvalue weighted by atomic mass is 9.99. The van der Waals surface area contributed by atoms with Gasteiger partial charge in [0, 0.05) is 90.2 Å². The van der Waals surface area contributed by atoms with Crippen molar-refractivity contribution in [1.29, 1.82) is 0 Å². The van der Waals surface area contributed by atoms with Crippen LogP contribution in [0.5, 0.6) is 17.2 Å². The van der Waals surface area contributed by atoms with Gasteiger partial charge in [-0.05, 0) is 244 Å². The average molecular weight is 1800 g/mol. The van der Waals surface area contributed by atoms with Crippen LogP contribution in [0.3, 0.4) is 0 Å². The number of nitrogens with zero attached hydrogens (tertiary/aromatic N) is 6. The molecule has 0 aliphatic carbocycles. The first kappa shape index (κ1) is 95.9. The number of benzene rings is 6. The van der Waals surface area contributed by atoms with E-state index in [0.29, 0.717) is 98.8 Å². The number of rotatable bonds is 38. The Morgan fingerprint density at radius 2 is 0.664 bits per heavy atom. The number of aryl methyl sites for hydroxylation is 3. The van der Waals surface area contributed by atoms with Crippen molar-refractivity contribution >= 4 is 119 Å². The SMILES string of the molecule is CCS(=O)(=O)c1cccc(-c2ccc(OCCCN(C)CCOP(=O)(O)O)c3[nH]c4ncc(C)cc4c23)c1.CCS(=O)(=O)c1cccc(-c2ccc(OCCCN(C)CCOP(=O)(O)O)c3[nH]c4ncc(C)cc4c23)c1.CCS(=O)(=O)c1cccc(-c2ccc(OCCCN(C)CCOP(=O)(OC(C)(C)C)OC(C)(C)C)c3[nH]c4ncc(C)cc4c23)c1. The second kappa shape index (κ2) is 40.7. The fourth-order valence-corrected chi connectivity index (χ4v) is 18.8. The highest BCUT2D eigenvalue weighted by molar-refractivity contribution is 7.92. The van der Waals surface area contributed by atoms with E-state index in [1.807, 2.05) is 154 Å². The van der Waals surface area contributed by atoms with Gasteiger partial charge in [-0.15, -0.1) is 0 Å². The van der Waals surface area contributed by atoms with E-state index in [2.05, 4.69) is 62.1 Å². The number of likely N-dealkylation sites (N-methyl/N-ethyl adjacent to an activating group) is 3. The maximum absolute atomic E-state index is 13.3. The first-order valence-electron chi connectivity index (χ1n) is 40.1. The molecule has 0 saturated carbocycles. The summed E-state index contributed by atoms with van der Waals surface area (Å²) < 4.78 is 155. The summed E-state index contributed by atoms with van der Waals surface area (Å²) in [6.45, 7) is 26.4. The van der Waals surface area contributed by atoms with Gasteiger partial charge in [0.1, 0.15) is 34.2 Å². The number of nitrogens with one attached hydrogen (secondary N) is 3. The van der Waals surface area contributed by atoms with Crippen LogP contribution in [-0.4, -0.2) is 218 Å². The molecule has 6 heterocycles. The van der Waals surface area contributed by atoms with E-state index >= 15 is 0 Å². The predicted octanol–water partition coefficient (Wildman–Crippen LogP) is 16.5. The van der Waals surface area contributed by atoms with Crippen LogP contribution in [0.4, 0.5) is 0 Å². The van der Waals surface area contributed by atoms with Crippen molar-refractivity contribution in [1.82, 2.24) is 44.6 Å². The van der Waals surface area contributed by atoms with Crippen molar-refractivity contribution in [2.45, 2.75) is 128 Å². The van der Waals surface area contributed by atoms with Crippen molar-refractivity contribution in [3.8, 4) is 50.6 Å². The van der Waals surface area contributed by atoms with Crippen molar-refractivity contribution in [2.24, 2.45) is 0 Å². The van der Waals surface area contributed by atoms with Gasteiger partial charge in [0.25, 0.3) is 0 Å². The number of pyridine rings is 3. The number of sulfone groups is 3. The summed E-state index contributed by atoms with van der Waals surface area (Å²) in [7, 11) is -17.1. The normalized spacial score (nSPS) is 12.8. The number of H-pyrrole nitrogens is 3. The van der Waals surface area contributed by atoms with Crippen LogP contribution in [0.2, 0.25) is 0 Å². The largest absolute Gasteiger partial charge is 0.491 e. The van der Waals surface area contributed by atoms with Crippen LogP contribution in [0.1, 0.15) is 98.3 Å². The van der Waals surface area contributed by atoms with Crippen LogP contribution in [-0.2, 0) is 65.8 Å². The van der Waals surface area contributed by atoms with Gasteiger partial charge in [0.2, 0.25) is 0 Å². The van der Waals surface area contributed by atoms with Gasteiger partial charge in [-0.1, -0.05) is 57.2 Å². The highest BCUT2D eigenvalue weighted by atomic mass is 32.2. The molecular weight excluding hydrogens is 1680 g/mol. The zero-order valence-electron chi connectivity index (χ0n) is 71.6. The minimum Gasteiger partial charge on any atom is -0.491 e. The smallest absolute Gasteiger partial charge is 0.475 e. The second-order valence-corrected chi connectivity index (χ2v) is 42.7. The summed E-state index contributed by atoms with van der Waals surface area (Å²) >= 11 is 0. The molecule has 0 atom stereocenters. The maximum Gasteiger partial charge on any atom is 0.475 e. The molecular formula is C86H112N9O21P3S3. The van der Waals surface area contributed by atoms with Crippen LogP contribution in [0.15, 0.2) is 161 Å². The van der Waals surface area contributed by atoms with E-state index in [9.17, 15) is 38.9 Å². The first-order valence-corrected chi connectivity index (χ1v) is 49.6. The molecule has 660 valence electrons. The Labute approximate surface area is 713 Å². The van der Waals surface area contributed by atoms with Crippen molar-refractivity contribution in [3.05, 3.63) is 163 Å². The van der Waals surface area contributed by atoms with Crippen LogP contribution in [0, 0.1) is 20.8 Å². The number of hydrogen-bond acceptors (Lipinski definition) is 23. The highest BCUT2D eigenvalue weighted by Gasteiger charge is 2.37. The summed E-state index contributed by atoms with van der Waals surface area (Å²) in [5.74, 6) is 2.10. The molecule has 6 aromatic carbocycles. The Hall–Kier alpha value is -8.37. The molecule has 0 aliphatic rings. The quantitative estimate of drug-likeness (QED) is 0.0140. The number of phosphoric acid groups is 3. The highest BCUT2D eigenvalue weighted by Crippen LogP contribution is 2.55. The van der Waals surface area contributed by atoms with E-state index in [0.717, 1.165) is 118 Å². The Balaban J connectivity index is 0.000000193. The van der Waals surface area contributed by atoms with Crippen LogP contribution >= 0.6 is 23.5 Å². The molecule has 12 rings (SSSR count). The second-order valence-electron chi connectivity index (χ2n) is 31.8. The zero-order chi connectivity index (χ0) is 88.9. The maximum atomic E-state index is 13.3. The summed E-state index contributed by atoms with van der Waals surface area (Å²) in [5, 5.41) is 5.55. The minimum absolute atomic E-state index is 0.0285. The molecule has 7 N–H and O–H groups in total. The fourth-order valence-electron chi connectivity index (χ4n) is 13.6. The Kier molecular flexibility index (Phi) is 32.0. The number of fused-ring (bicyclic) bond motifs is 9. The van der Waals surface area contributed by atoms with Gasteiger partial charge in [0.15, 0.2) is 29.5 Å². The standard InChI is InChI=1S/C34H48N3O7PS.2C26H32N3O7PS/c1-10-46(39,40)26-14-11-13-25(22-26)27-15-16-29(31-30(27)28-21-24(2)23-35-32(28)36-31)41-19-12-17-37(9)18-20-42-45(38,43-33(3,4)5)44-34(6,7)8;2*1-4-38(33,34)20-8-5-7-19(16-20)21-9-10-23(25-24(21)22-15-18(2)17-27-26(22)28-25)35-13-6-11-29(3)12-14-36-37(30,31)32/h11,13-16,21-23H,10,12,17-20H2,1-9H3,(H,35,36);2*5,7-10,15-17H,4,6,11-14H2,1-3H3,(H,27,28)(H2,30,31,32). The van der Waals surface area contributed by atoms with E-state index < -0.39 is 64.2 Å². The summed E-state index contributed by atoms with van der Waals surface area (Å²) in [5.41, 5.74) is 11.2. The monoisotopic (exact) mass is 1800 g/mol. The number of aromatic nitrogens is 6. The molecule has 122 heavy (non-hydrogen) atoms. The van der Waals surface area contributed by atoms with Gasteiger partial charge < -0.3 is 63.4 Å². The molecule has 0 spiro atoms. The van der Waals surface area contributed by atoms with E-state index in [1.54, 1.807) is 87.8 Å². The summed E-state index contributed by atoms with van der Waals surface area (Å²) in [4.78, 5) is 65.8. The predicted molar refractivity (Wildman–Crippen MR) is 479 cm³/mol. The van der Waals surface area contributed by atoms with Gasteiger partial charge in [-0.3, -0.25) is 22.6 Å².